The van der Waals surface area contributed by atoms with Crippen LogP contribution in [0.3, 0.4) is 0 Å². The quantitative estimate of drug-likeness (QED) is 0.735. The minimum atomic E-state index is -0.240. The molecule has 1 aromatic heterocycles. The van der Waals surface area contributed by atoms with Gasteiger partial charge in [-0.1, -0.05) is 36.9 Å². The maximum Gasteiger partial charge on any atom is 0.237 e. The number of nitrogens with one attached hydrogen (secondary N) is 1. The normalized spacial score (nSPS) is 18.9. The first-order valence-corrected chi connectivity index (χ1v) is 11.1. The molecule has 6 nitrogen and oxygen atoms in total. The lowest BCUT2D eigenvalue weighted by Gasteiger charge is -2.31. The van der Waals surface area contributed by atoms with Crippen LogP contribution in [-0.2, 0) is 4.79 Å². The van der Waals surface area contributed by atoms with Gasteiger partial charge in [-0.15, -0.1) is 10.2 Å². The van der Waals surface area contributed by atoms with Gasteiger partial charge in [0.1, 0.15) is 0 Å². The molecule has 1 aliphatic carbocycles. The summed E-state index contributed by atoms with van der Waals surface area (Å²) >= 11 is 1.51. The molecule has 1 atom stereocenters. The molecule has 2 fully saturated rings. The zero-order valence-corrected chi connectivity index (χ0v) is 17.7. The van der Waals surface area contributed by atoms with Crippen molar-refractivity contribution in [3.05, 3.63) is 29.8 Å². The number of carbonyl (C=O) groups excluding carboxylic acids is 1. The summed E-state index contributed by atoms with van der Waals surface area (Å²) in [6, 6.07) is 8.34. The van der Waals surface area contributed by atoms with Crippen LogP contribution in [0.1, 0.15) is 51.1 Å². The number of benzene rings is 1. The Bertz CT molecular complexity index is 839. The van der Waals surface area contributed by atoms with Crippen molar-refractivity contribution in [2.75, 3.05) is 23.3 Å². The van der Waals surface area contributed by atoms with Gasteiger partial charge in [-0.2, -0.15) is 0 Å². The molecule has 0 spiro atoms. The number of anilines is 2. The summed E-state index contributed by atoms with van der Waals surface area (Å²) in [5, 5.41) is 12.7. The highest BCUT2D eigenvalue weighted by Gasteiger charge is 2.33. The molecule has 1 saturated heterocycles. The van der Waals surface area contributed by atoms with Gasteiger partial charge in [0, 0.05) is 24.8 Å². The van der Waals surface area contributed by atoms with Crippen molar-refractivity contribution >= 4 is 29.3 Å². The molecule has 0 unspecified atom stereocenters. The van der Waals surface area contributed by atoms with Crippen molar-refractivity contribution < 1.29 is 4.79 Å². The maximum absolute atomic E-state index is 12.7. The summed E-state index contributed by atoms with van der Waals surface area (Å²) < 4.78 is 2.28. The van der Waals surface area contributed by atoms with Gasteiger partial charge < -0.3 is 10.2 Å². The van der Waals surface area contributed by atoms with Crippen LogP contribution in [0.2, 0.25) is 0 Å². The van der Waals surface area contributed by atoms with Crippen LogP contribution in [-0.4, -0.2) is 39.0 Å². The number of aryl methyl sites for hydroxylation is 1. The van der Waals surface area contributed by atoms with E-state index in [2.05, 4.69) is 31.9 Å². The fraction of sp³-hybridized carbons (Fsp3) is 0.571. The number of thioether (sulfide) groups is 1. The Kier molecular flexibility index (Phi) is 5.62. The fourth-order valence-electron chi connectivity index (χ4n) is 3.59. The Morgan fingerprint density at radius 3 is 2.57 bits per heavy atom. The van der Waals surface area contributed by atoms with Crippen LogP contribution in [0, 0.1) is 12.8 Å². The molecule has 2 aliphatic rings. The van der Waals surface area contributed by atoms with Gasteiger partial charge in [0.05, 0.1) is 5.25 Å². The van der Waals surface area contributed by atoms with Gasteiger partial charge in [0.25, 0.3) is 0 Å². The first kappa shape index (κ1) is 19.3. The molecule has 2 heterocycles. The molecule has 4 rings (SSSR count). The SMILES string of the molecule is Cc1ccccc1NC(=O)[C@@H](C)Sc1nnc(N2CCC(C)CC2)n1C1CC1. The number of piperidine rings is 1. The molecule has 28 heavy (non-hydrogen) atoms. The van der Waals surface area contributed by atoms with E-state index in [0.29, 0.717) is 6.04 Å². The Labute approximate surface area is 171 Å². The summed E-state index contributed by atoms with van der Waals surface area (Å²) in [7, 11) is 0. The summed E-state index contributed by atoms with van der Waals surface area (Å²) in [6.07, 6.45) is 4.75. The number of nitrogens with zero attached hydrogens (tertiary/aromatic N) is 4. The Morgan fingerprint density at radius 2 is 1.89 bits per heavy atom. The summed E-state index contributed by atoms with van der Waals surface area (Å²) in [4.78, 5) is 15.1. The second-order valence-corrected chi connectivity index (χ2v) is 9.43. The number of carbonyl (C=O) groups is 1. The molecular weight excluding hydrogens is 370 g/mol. The van der Waals surface area contributed by atoms with Crippen LogP contribution < -0.4 is 10.2 Å². The first-order chi connectivity index (χ1) is 13.5. The zero-order chi connectivity index (χ0) is 19.7. The summed E-state index contributed by atoms with van der Waals surface area (Å²) in [6.45, 7) is 8.34. The average molecular weight is 400 g/mol. The zero-order valence-electron chi connectivity index (χ0n) is 16.9. The van der Waals surface area contributed by atoms with E-state index in [4.69, 9.17) is 0 Å². The molecule has 7 heteroatoms. The molecule has 0 bridgehead atoms. The van der Waals surface area contributed by atoms with E-state index in [9.17, 15) is 4.79 Å². The third kappa shape index (κ3) is 4.19. The Balaban J connectivity index is 1.47. The van der Waals surface area contributed by atoms with Gasteiger partial charge in [-0.25, -0.2) is 0 Å². The highest BCUT2D eigenvalue weighted by molar-refractivity contribution is 8.00. The van der Waals surface area contributed by atoms with E-state index in [0.717, 1.165) is 41.4 Å². The van der Waals surface area contributed by atoms with E-state index in [1.54, 1.807) is 0 Å². The standard InChI is InChI=1S/C21H29N5OS/c1-14-10-12-25(13-11-14)20-23-24-21(26(20)17-8-9-17)28-16(3)19(27)22-18-7-5-4-6-15(18)2/h4-7,14,16-17H,8-13H2,1-3H3,(H,22,27)/t16-/m1/s1. The topological polar surface area (TPSA) is 63.1 Å². The molecule has 1 aliphatic heterocycles. The number of amides is 1. The van der Waals surface area contributed by atoms with Gasteiger partial charge in [-0.05, 0) is 57.1 Å². The second-order valence-electron chi connectivity index (χ2n) is 8.12. The molecule has 1 aromatic carbocycles. The van der Waals surface area contributed by atoms with Crippen molar-refractivity contribution in [1.29, 1.82) is 0 Å². The van der Waals surface area contributed by atoms with Gasteiger partial charge in [-0.3, -0.25) is 9.36 Å². The fourth-order valence-corrected chi connectivity index (χ4v) is 4.50. The molecular formula is C21H29N5OS. The molecule has 1 N–H and O–H groups in total. The van der Waals surface area contributed by atoms with Crippen LogP contribution >= 0.6 is 11.8 Å². The lowest BCUT2D eigenvalue weighted by molar-refractivity contribution is -0.115. The maximum atomic E-state index is 12.7. The highest BCUT2D eigenvalue weighted by Crippen LogP contribution is 2.42. The summed E-state index contributed by atoms with van der Waals surface area (Å²) in [5.74, 6) is 1.77. The Morgan fingerprint density at radius 1 is 1.18 bits per heavy atom. The van der Waals surface area contributed by atoms with E-state index < -0.39 is 0 Å². The van der Waals surface area contributed by atoms with Gasteiger partial charge in [0.15, 0.2) is 5.16 Å². The molecule has 1 saturated carbocycles. The van der Waals surface area contributed by atoms with E-state index in [-0.39, 0.29) is 11.2 Å². The van der Waals surface area contributed by atoms with Gasteiger partial charge >= 0.3 is 0 Å². The number of hydrogen-bond donors (Lipinski definition) is 1. The minimum absolute atomic E-state index is 0.00186. The van der Waals surface area contributed by atoms with Crippen LogP contribution in [0.15, 0.2) is 29.4 Å². The predicted octanol–water partition coefficient (Wildman–Crippen LogP) is 4.28. The van der Waals surface area contributed by atoms with Crippen LogP contribution in [0.5, 0.6) is 0 Å². The molecule has 1 amide bonds. The third-order valence-corrected chi connectivity index (χ3v) is 6.74. The van der Waals surface area contributed by atoms with Crippen LogP contribution in [0.25, 0.3) is 0 Å². The van der Waals surface area contributed by atoms with E-state index in [1.807, 2.05) is 38.1 Å². The van der Waals surface area contributed by atoms with Crippen molar-refractivity contribution in [3.63, 3.8) is 0 Å². The summed E-state index contributed by atoms with van der Waals surface area (Å²) in [5.41, 5.74) is 1.93. The lowest BCUT2D eigenvalue weighted by Crippen LogP contribution is -2.34. The number of rotatable bonds is 6. The van der Waals surface area contributed by atoms with Crippen LogP contribution in [0.4, 0.5) is 11.6 Å². The van der Waals surface area contributed by atoms with Crippen molar-refractivity contribution in [1.82, 2.24) is 14.8 Å². The smallest absolute Gasteiger partial charge is 0.237 e. The highest BCUT2D eigenvalue weighted by atomic mass is 32.2. The largest absolute Gasteiger partial charge is 0.341 e. The third-order valence-electron chi connectivity index (χ3n) is 5.68. The number of hydrogen-bond acceptors (Lipinski definition) is 5. The van der Waals surface area contributed by atoms with Gasteiger partial charge in [0.2, 0.25) is 11.9 Å². The lowest BCUT2D eigenvalue weighted by atomic mass is 10.00. The Hall–Kier alpha value is -2.02. The van der Waals surface area contributed by atoms with Crippen molar-refractivity contribution in [3.8, 4) is 0 Å². The second kappa shape index (κ2) is 8.15. The monoisotopic (exact) mass is 399 g/mol. The molecule has 2 aromatic rings. The molecule has 150 valence electrons. The number of aromatic nitrogens is 3. The van der Waals surface area contributed by atoms with Crippen molar-refractivity contribution in [2.45, 2.75) is 62.9 Å². The van der Waals surface area contributed by atoms with E-state index >= 15 is 0 Å². The predicted molar refractivity (Wildman–Crippen MR) is 114 cm³/mol. The number of para-hydroxylation sites is 1. The first-order valence-electron chi connectivity index (χ1n) is 10.3. The molecule has 0 radical (unpaired) electrons. The van der Waals surface area contributed by atoms with E-state index in [1.165, 1.54) is 37.4 Å². The van der Waals surface area contributed by atoms with Crippen molar-refractivity contribution in [2.24, 2.45) is 5.92 Å². The average Bonchev–Trinajstić information content (AvgIpc) is 3.44. The minimum Gasteiger partial charge on any atom is -0.341 e.